The van der Waals surface area contributed by atoms with Crippen molar-refractivity contribution >= 4 is 21.8 Å². The van der Waals surface area contributed by atoms with E-state index >= 15 is 0 Å². The van der Waals surface area contributed by atoms with E-state index in [4.69, 9.17) is 4.74 Å². The average Bonchev–Trinajstić information content (AvgIpc) is 2.71. The Balaban J connectivity index is 2.10. The molecule has 4 nitrogen and oxygen atoms in total. The van der Waals surface area contributed by atoms with Gasteiger partial charge >= 0.3 is 0 Å². The second kappa shape index (κ2) is 6.09. The lowest BCUT2D eigenvalue weighted by Gasteiger charge is -2.34. The summed E-state index contributed by atoms with van der Waals surface area (Å²) in [7, 11) is 0. The van der Waals surface area contributed by atoms with Crippen LogP contribution in [-0.4, -0.2) is 29.2 Å². The van der Waals surface area contributed by atoms with Gasteiger partial charge in [-0.2, -0.15) is 0 Å². The zero-order valence-corrected chi connectivity index (χ0v) is 13.1. The van der Waals surface area contributed by atoms with Crippen LogP contribution < -0.4 is 5.32 Å². The summed E-state index contributed by atoms with van der Waals surface area (Å²) in [4.78, 5) is 12.4. The molecule has 0 saturated carbocycles. The fraction of sp³-hybridized carbons (Fsp3) is 0.643. The highest BCUT2D eigenvalue weighted by Crippen LogP contribution is 2.22. The number of halogens is 1. The molecule has 1 fully saturated rings. The minimum absolute atomic E-state index is 0.00329. The van der Waals surface area contributed by atoms with Crippen molar-refractivity contribution in [1.82, 2.24) is 9.88 Å². The SMILES string of the molecule is CCCn1cc(Br)cc1C(=O)NC1(C)CCOCC1. The standard InChI is InChI=1S/C14H21BrN2O2/c1-3-6-17-10-11(15)9-12(17)13(18)16-14(2)4-7-19-8-5-14/h9-10H,3-8H2,1-2H3,(H,16,18). The van der Waals surface area contributed by atoms with Gasteiger partial charge in [-0.05, 0) is 48.2 Å². The van der Waals surface area contributed by atoms with Gasteiger partial charge < -0.3 is 14.6 Å². The summed E-state index contributed by atoms with van der Waals surface area (Å²) in [6.07, 6.45) is 4.71. The Morgan fingerprint density at radius 3 is 2.84 bits per heavy atom. The van der Waals surface area contributed by atoms with Gasteiger partial charge in [0.05, 0.1) is 0 Å². The van der Waals surface area contributed by atoms with Crippen molar-refractivity contribution in [2.75, 3.05) is 13.2 Å². The van der Waals surface area contributed by atoms with Crippen molar-refractivity contribution in [2.24, 2.45) is 0 Å². The monoisotopic (exact) mass is 328 g/mol. The first-order valence-electron chi connectivity index (χ1n) is 6.80. The summed E-state index contributed by atoms with van der Waals surface area (Å²) >= 11 is 3.44. The minimum Gasteiger partial charge on any atom is -0.381 e. The third-order valence-electron chi connectivity index (χ3n) is 3.57. The summed E-state index contributed by atoms with van der Waals surface area (Å²) in [5.41, 5.74) is 0.574. The van der Waals surface area contributed by atoms with Crippen molar-refractivity contribution in [2.45, 2.75) is 45.2 Å². The number of aryl methyl sites for hydroxylation is 1. The lowest BCUT2D eigenvalue weighted by molar-refractivity contribution is 0.0420. The van der Waals surface area contributed by atoms with E-state index in [1.807, 2.05) is 16.8 Å². The Labute approximate surface area is 122 Å². The first-order valence-corrected chi connectivity index (χ1v) is 7.59. The first kappa shape index (κ1) is 14.6. The van der Waals surface area contributed by atoms with Crippen LogP contribution in [0, 0.1) is 0 Å². The molecule has 1 aromatic rings. The average molecular weight is 329 g/mol. The van der Waals surface area contributed by atoms with Crippen molar-refractivity contribution < 1.29 is 9.53 Å². The molecule has 0 radical (unpaired) electrons. The van der Waals surface area contributed by atoms with E-state index in [9.17, 15) is 4.79 Å². The Bertz CT molecular complexity index is 450. The number of nitrogens with one attached hydrogen (secondary N) is 1. The fourth-order valence-electron chi connectivity index (χ4n) is 2.38. The highest BCUT2D eigenvalue weighted by molar-refractivity contribution is 9.10. The summed E-state index contributed by atoms with van der Waals surface area (Å²) in [6, 6.07) is 1.88. The van der Waals surface area contributed by atoms with E-state index in [-0.39, 0.29) is 11.4 Å². The zero-order valence-electron chi connectivity index (χ0n) is 11.5. The Hall–Kier alpha value is -0.810. The molecule has 0 unspecified atom stereocenters. The van der Waals surface area contributed by atoms with Gasteiger partial charge in [0.1, 0.15) is 5.69 Å². The van der Waals surface area contributed by atoms with Crippen molar-refractivity contribution in [1.29, 1.82) is 0 Å². The highest BCUT2D eigenvalue weighted by Gasteiger charge is 2.30. The molecule has 1 amide bonds. The van der Waals surface area contributed by atoms with Gasteiger partial charge in [0.15, 0.2) is 0 Å². The molecule has 0 atom stereocenters. The van der Waals surface area contributed by atoms with Crippen LogP contribution in [0.15, 0.2) is 16.7 Å². The van der Waals surface area contributed by atoms with Crippen LogP contribution in [0.4, 0.5) is 0 Å². The maximum absolute atomic E-state index is 12.4. The van der Waals surface area contributed by atoms with Gasteiger partial charge in [-0.3, -0.25) is 4.79 Å². The van der Waals surface area contributed by atoms with Crippen LogP contribution in [0.1, 0.15) is 43.6 Å². The van der Waals surface area contributed by atoms with Gasteiger partial charge in [0.25, 0.3) is 5.91 Å². The number of hydrogen-bond acceptors (Lipinski definition) is 2. The molecule has 0 spiro atoms. The zero-order chi connectivity index (χ0) is 13.9. The number of aromatic nitrogens is 1. The van der Waals surface area contributed by atoms with Gasteiger partial charge in [-0.15, -0.1) is 0 Å². The van der Waals surface area contributed by atoms with E-state index in [0.29, 0.717) is 0 Å². The quantitative estimate of drug-likeness (QED) is 0.923. The lowest BCUT2D eigenvalue weighted by Crippen LogP contribution is -2.50. The largest absolute Gasteiger partial charge is 0.381 e. The van der Waals surface area contributed by atoms with Crippen molar-refractivity contribution in [3.63, 3.8) is 0 Å². The summed E-state index contributed by atoms with van der Waals surface area (Å²) in [5.74, 6) is 0.00329. The molecular formula is C14H21BrN2O2. The van der Waals surface area contributed by atoms with Crippen LogP contribution in [0.3, 0.4) is 0 Å². The van der Waals surface area contributed by atoms with Crippen LogP contribution in [0.25, 0.3) is 0 Å². The molecule has 2 rings (SSSR count). The molecule has 5 heteroatoms. The van der Waals surface area contributed by atoms with Crippen LogP contribution >= 0.6 is 15.9 Å². The topological polar surface area (TPSA) is 43.3 Å². The molecule has 0 bridgehead atoms. The normalized spacial score (nSPS) is 18.3. The van der Waals surface area contributed by atoms with E-state index in [1.165, 1.54) is 0 Å². The third kappa shape index (κ3) is 3.60. The molecule has 1 aliphatic heterocycles. The molecule has 0 aromatic carbocycles. The number of amides is 1. The van der Waals surface area contributed by atoms with E-state index in [1.54, 1.807) is 0 Å². The first-order chi connectivity index (χ1) is 9.04. The Morgan fingerprint density at radius 2 is 2.21 bits per heavy atom. The van der Waals surface area contributed by atoms with E-state index in [2.05, 4.69) is 35.1 Å². The molecule has 1 saturated heterocycles. The molecule has 106 valence electrons. The number of nitrogens with zero attached hydrogens (tertiary/aromatic N) is 1. The van der Waals surface area contributed by atoms with Crippen molar-refractivity contribution in [3.8, 4) is 0 Å². The van der Waals surface area contributed by atoms with Crippen LogP contribution in [0.2, 0.25) is 0 Å². The van der Waals surface area contributed by atoms with E-state index in [0.717, 1.165) is 49.2 Å². The Morgan fingerprint density at radius 1 is 1.53 bits per heavy atom. The molecule has 1 aliphatic rings. The van der Waals surface area contributed by atoms with Gasteiger partial charge in [0.2, 0.25) is 0 Å². The molecule has 1 aromatic heterocycles. The van der Waals surface area contributed by atoms with Crippen LogP contribution in [-0.2, 0) is 11.3 Å². The number of carbonyl (C=O) groups is 1. The minimum atomic E-state index is -0.150. The predicted octanol–water partition coefficient (Wildman–Crippen LogP) is 2.96. The van der Waals surface area contributed by atoms with Gasteiger partial charge in [0, 0.05) is 36.0 Å². The molecule has 19 heavy (non-hydrogen) atoms. The second-order valence-electron chi connectivity index (χ2n) is 5.36. The third-order valence-corrected chi connectivity index (χ3v) is 4.01. The molecular weight excluding hydrogens is 308 g/mol. The molecule has 0 aliphatic carbocycles. The fourth-order valence-corrected chi connectivity index (χ4v) is 2.84. The summed E-state index contributed by atoms with van der Waals surface area (Å²) in [5, 5.41) is 3.16. The van der Waals surface area contributed by atoms with Crippen molar-refractivity contribution in [3.05, 3.63) is 22.4 Å². The van der Waals surface area contributed by atoms with Crippen LogP contribution in [0.5, 0.6) is 0 Å². The highest BCUT2D eigenvalue weighted by atomic mass is 79.9. The lowest BCUT2D eigenvalue weighted by atomic mass is 9.92. The number of rotatable bonds is 4. The summed E-state index contributed by atoms with van der Waals surface area (Å²) < 4.78 is 8.30. The summed E-state index contributed by atoms with van der Waals surface area (Å²) in [6.45, 7) is 6.49. The van der Waals surface area contributed by atoms with Gasteiger partial charge in [-0.1, -0.05) is 6.92 Å². The number of hydrogen-bond donors (Lipinski definition) is 1. The maximum Gasteiger partial charge on any atom is 0.268 e. The maximum atomic E-state index is 12.4. The Kier molecular flexibility index (Phi) is 4.68. The predicted molar refractivity (Wildman–Crippen MR) is 78.3 cm³/mol. The second-order valence-corrected chi connectivity index (χ2v) is 6.28. The van der Waals surface area contributed by atoms with Gasteiger partial charge in [-0.25, -0.2) is 0 Å². The smallest absolute Gasteiger partial charge is 0.268 e. The molecule has 1 N–H and O–H groups in total. The number of ether oxygens (including phenoxy) is 1. The molecule has 2 heterocycles. The number of carbonyl (C=O) groups excluding carboxylic acids is 1. The van der Waals surface area contributed by atoms with E-state index < -0.39 is 0 Å².